The summed E-state index contributed by atoms with van der Waals surface area (Å²) in [5.41, 5.74) is 1.09. The first kappa shape index (κ1) is 13.1. The Morgan fingerprint density at radius 2 is 2.05 bits per heavy atom. The monoisotopic (exact) mass is 259 g/mol. The van der Waals surface area contributed by atoms with Crippen molar-refractivity contribution in [2.24, 2.45) is 0 Å². The van der Waals surface area contributed by atoms with Gasteiger partial charge in [-0.05, 0) is 19.4 Å². The molecule has 19 heavy (non-hydrogen) atoms. The Kier molecular flexibility index (Phi) is 4.18. The van der Waals surface area contributed by atoms with Crippen LogP contribution in [-0.2, 0) is 6.54 Å². The van der Waals surface area contributed by atoms with E-state index in [4.69, 9.17) is 4.52 Å². The van der Waals surface area contributed by atoms with Crippen molar-refractivity contribution < 1.29 is 9.32 Å². The van der Waals surface area contributed by atoms with E-state index in [1.54, 1.807) is 11.0 Å². The molecule has 5 heteroatoms. The molecule has 0 spiro atoms. The van der Waals surface area contributed by atoms with Gasteiger partial charge in [-0.3, -0.25) is 5.32 Å². The Balaban J connectivity index is 2.05. The van der Waals surface area contributed by atoms with Crippen LogP contribution in [0.1, 0.15) is 19.4 Å². The highest BCUT2D eigenvalue weighted by atomic mass is 16.5. The molecule has 2 aromatic rings. The average molecular weight is 259 g/mol. The maximum Gasteiger partial charge on any atom is 0.323 e. The van der Waals surface area contributed by atoms with Gasteiger partial charge in [0.15, 0.2) is 5.82 Å². The smallest absolute Gasteiger partial charge is 0.323 e. The number of nitrogens with one attached hydrogen (secondary N) is 1. The molecule has 0 unspecified atom stereocenters. The standard InChI is InChI=1S/C14H17N3O2/c1-11(2)17(10-12-6-4-3-5-7-12)14(18)15-13-8-9-19-16-13/h3-9,11H,10H2,1-2H3,(H,15,16,18). The molecular formula is C14H17N3O2. The Hall–Kier alpha value is -2.30. The zero-order chi connectivity index (χ0) is 13.7. The molecule has 1 aromatic heterocycles. The fraction of sp³-hybridized carbons (Fsp3) is 0.286. The molecule has 0 aliphatic rings. The molecule has 1 heterocycles. The third-order valence-electron chi connectivity index (χ3n) is 2.75. The number of anilines is 1. The number of urea groups is 1. The normalized spacial score (nSPS) is 10.5. The summed E-state index contributed by atoms with van der Waals surface area (Å²) in [4.78, 5) is 13.9. The van der Waals surface area contributed by atoms with E-state index in [1.165, 1.54) is 6.26 Å². The van der Waals surface area contributed by atoms with E-state index in [0.29, 0.717) is 12.4 Å². The predicted molar refractivity (Wildman–Crippen MR) is 72.6 cm³/mol. The molecule has 0 aliphatic heterocycles. The SMILES string of the molecule is CC(C)N(Cc1ccccc1)C(=O)Nc1ccon1. The van der Waals surface area contributed by atoms with Gasteiger partial charge in [0, 0.05) is 18.7 Å². The van der Waals surface area contributed by atoms with E-state index >= 15 is 0 Å². The molecule has 2 amide bonds. The van der Waals surface area contributed by atoms with Gasteiger partial charge in [0.05, 0.1) is 0 Å². The minimum atomic E-state index is -0.187. The van der Waals surface area contributed by atoms with Crippen LogP contribution in [0, 0.1) is 0 Å². The van der Waals surface area contributed by atoms with Gasteiger partial charge in [-0.15, -0.1) is 0 Å². The minimum absolute atomic E-state index is 0.0899. The lowest BCUT2D eigenvalue weighted by molar-refractivity contribution is 0.193. The van der Waals surface area contributed by atoms with Crippen LogP contribution in [0.3, 0.4) is 0 Å². The summed E-state index contributed by atoms with van der Waals surface area (Å²) in [6, 6.07) is 11.4. The number of nitrogens with zero attached hydrogens (tertiary/aromatic N) is 2. The van der Waals surface area contributed by atoms with Crippen molar-refractivity contribution in [3.8, 4) is 0 Å². The summed E-state index contributed by atoms with van der Waals surface area (Å²) in [6.07, 6.45) is 1.42. The first-order valence-electron chi connectivity index (χ1n) is 6.18. The first-order valence-corrected chi connectivity index (χ1v) is 6.18. The number of hydrogen-bond donors (Lipinski definition) is 1. The van der Waals surface area contributed by atoms with Crippen LogP contribution in [0.5, 0.6) is 0 Å². The molecule has 0 aliphatic carbocycles. The quantitative estimate of drug-likeness (QED) is 0.917. The van der Waals surface area contributed by atoms with Gasteiger partial charge in [0.1, 0.15) is 6.26 Å². The van der Waals surface area contributed by atoms with Gasteiger partial charge < -0.3 is 9.42 Å². The van der Waals surface area contributed by atoms with Gasteiger partial charge in [-0.25, -0.2) is 4.79 Å². The molecule has 0 atom stereocenters. The van der Waals surface area contributed by atoms with Crippen molar-refractivity contribution in [3.63, 3.8) is 0 Å². The van der Waals surface area contributed by atoms with Gasteiger partial charge in [0.2, 0.25) is 0 Å². The Labute approximate surface area is 112 Å². The predicted octanol–water partition coefficient (Wildman–Crippen LogP) is 3.12. The number of carbonyl (C=O) groups is 1. The molecule has 1 aromatic carbocycles. The summed E-state index contributed by atoms with van der Waals surface area (Å²) >= 11 is 0. The van der Waals surface area contributed by atoms with Crippen LogP contribution in [0.4, 0.5) is 10.6 Å². The second kappa shape index (κ2) is 6.04. The molecule has 0 radical (unpaired) electrons. The molecule has 5 nitrogen and oxygen atoms in total. The van der Waals surface area contributed by atoms with Gasteiger partial charge in [0.25, 0.3) is 0 Å². The zero-order valence-electron chi connectivity index (χ0n) is 11.0. The van der Waals surface area contributed by atoms with E-state index in [1.807, 2.05) is 44.2 Å². The van der Waals surface area contributed by atoms with Crippen LogP contribution in [-0.4, -0.2) is 22.1 Å². The van der Waals surface area contributed by atoms with Crippen molar-refractivity contribution >= 4 is 11.8 Å². The van der Waals surface area contributed by atoms with E-state index in [0.717, 1.165) is 5.56 Å². The fourth-order valence-corrected chi connectivity index (χ4v) is 1.73. The molecule has 100 valence electrons. The van der Waals surface area contributed by atoms with E-state index < -0.39 is 0 Å². The van der Waals surface area contributed by atoms with Gasteiger partial charge in [-0.2, -0.15) is 0 Å². The Bertz CT molecular complexity index is 509. The van der Waals surface area contributed by atoms with Gasteiger partial charge >= 0.3 is 6.03 Å². The second-order valence-corrected chi connectivity index (χ2v) is 4.52. The van der Waals surface area contributed by atoms with E-state index in [2.05, 4.69) is 10.5 Å². The summed E-state index contributed by atoms with van der Waals surface area (Å²) in [5.74, 6) is 0.420. The lowest BCUT2D eigenvalue weighted by atomic mass is 10.2. The molecule has 0 saturated heterocycles. The minimum Gasteiger partial charge on any atom is -0.363 e. The molecular weight excluding hydrogens is 242 g/mol. The van der Waals surface area contributed by atoms with Crippen LogP contribution in [0.25, 0.3) is 0 Å². The maximum absolute atomic E-state index is 12.2. The Morgan fingerprint density at radius 1 is 1.32 bits per heavy atom. The fourth-order valence-electron chi connectivity index (χ4n) is 1.73. The van der Waals surface area contributed by atoms with Crippen LogP contribution < -0.4 is 5.32 Å². The van der Waals surface area contributed by atoms with Crippen molar-refractivity contribution in [2.75, 3.05) is 5.32 Å². The molecule has 0 bridgehead atoms. The lowest BCUT2D eigenvalue weighted by Crippen LogP contribution is -2.39. The lowest BCUT2D eigenvalue weighted by Gasteiger charge is -2.26. The number of benzene rings is 1. The summed E-state index contributed by atoms with van der Waals surface area (Å²) in [6.45, 7) is 4.51. The van der Waals surface area contributed by atoms with Crippen LogP contribution in [0.15, 0.2) is 47.2 Å². The number of carbonyl (C=O) groups excluding carboxylic acids is 1. The Morgan fingerprint density at radius 3 is 2.63 bits per heavy atom. The highest BCUT2D eigenvalue weighted by Crippen LogP contribution is 2.11. The second-order valence-electron chi connectivity index (χ2n) is 4.52. The van der Waals surface area contributed by atoms with Crippen LogP contribution in [0.2, 0.25) is 0 Å². The van der Waals surface area contributed by atoms with Crippen molar-refractivity contribution in [2.45, 2.75) is 26.4 Å². The third kappa shape index (κ3) is 3.58. The van der Waals surface area contributed by atoms with Crippen molar-refractivity contribution in [3.05, 3.63) is 48.2 Å². The number of aromatic nitrogens is 1. The topological polar surface area (TPSA) is 58.4 Å². The van der Waals surface area contributed by atoms with Crippen molar-refractivity contribution in [1.29, 1.82) is 0 Å². The molecule has 0 saturated carbocycles. The van der Waals surface area contributed by atoms with Crippen molar-refractivity contribution in [1.82, 2.24) is 10.1 Å². The number of hydrogen-bond acceptors (Lipinski definition) is 3. The molecule has 2 rings (SSSR count). The van der Waals surface area contributed by atoms with E-state index in [9.17, 15) is 4.79 Å². The highest BCUT2D eigenvalue weighted by molar-refractivity contribution is 5.88. The summed E-state index contributed by atoms with van der Waals surface area (Å²) in [5, 5.41) is 6.38. The average Bonchev–Trinajstić information content (AvgIpc) is 2.89. The first-order chi connectivity index (χ1) is 9.16. The van der Waals surface area contributed by atoms with Crippen LogP contribution >= 0.6 is 0 Å². The van der Waals surface area contributed by atoms with Gasteiger partial charge in [-0.1, -0.05) is 35.5 Å². The summed E-state index contributed by atoms with van der Waals surface area (Å²) < 4.78 is 4.69. The third-order valence-corrected chi connectivity index (χ3v) is 2.75. The molecule has 0 fully saturated rings. The maximum atomic E-state index is 12.2. The number of amides is 2. The largest absolute Gasteiger partial charge is 0.363 e. The molecule has 1 N–H and O–H groups in total. The number of rotatable bonds is 4. The summed E-state index contributed by atoms with van der Waals surface area (Å²) in [7, 11) is 0. The highest BCUT2D eigenvalue weighted by Gasteiger charge is 2.18. The van der Waals surface area contributed by atoms with E-state index in [-0.39, 0.29) is 12.1 Å². The zero-order valence-corrected chi connectivity index (χ0v) is 11.0.